The number of anilines is 2. The predicted molar refractivity (Wildman–Crippen MR) is 141 cm³/mol. The molecular weight excluding hydrogens is 462 g/mol. The monoisotopic (exact) mass is 489 g/mol. The van der Waals surface area contributed by atoms with Crippen molar-refractivity contribution in [2.24, 2.45) is 4.99 Å². The van der Waals surface area contributed by atoms with Crippen molar-refractivity contribution in [1.82, 2.24) is 0 Å². The number of imide groups is 1. The SMILES string of the molecule is COc1ccc(CCN=C(Nc2ccccc2)SC2CC(=O)N(c3ccccc3)C2=O)cc1OC. The number of carbonyl (C=O) groups excluding carboxylic acids is 2. The molecule has 1 atom stereocenters. The Morgan fingerprint density at radius 1 is 0.971 bits per heavy atom. The molecule has 4 rings (SSSR count). The topological polar surface area (TPSA) is 80.2 Å². The number of aliphatic imine (C=N–C) groups is 1. The highest BCUT2D eigenvalue weighted by Gasteiger charge is 2.40. The number of para-hydroxylation sites is 2. The van der Waals surface area contributed by atoms with Gasteiger partial charge in [-0.25, -0.2) is 4.90 Å². The molecule has 0 spiro atoms. The van der Waals surface area contributed by atoms with Crippen molar-refractivity contribution in [2.75, 3.05) is 31.0 Å². The van der Waals surface area contributed by atoms with E-state index >= 15 is 0 Å². The van der Waals surface area contributed by atoms with Gasteiger partial charge in [-0.3, -0.25) is 14.6 Å². The second kappa shape index (κ2) is 11.6. The van der Waals surface area contributed by atoms with Crippen LogP contribution in [0.5, 0.6) is 11.5 Å². The fourth-order valence-corrected chi connectivity index (χ4v) is 4.80. The maximum absolute atomic E-state index is 13.1. The Bertz CT molecular complexity index is 1200. The van der Waals surface area contributed by atoms with Gasteiger partial charge in [0.15, 0.2) is 16.7 Å². The van der Waals surface area contributed by atoms with Crippen LogP contribution < -0.4 is 19.7 Å². The Labute approximate surface area is 209 Å². The summed E-state index contributed by atoms with van der Waals surface area (Å²) in [5, 5.41) is 3.36. The normalized spacial score (nSPS) is 15.9. The molecule has 2 amide bonds. The smallest absolute Gasteiger partial charge is 0.247 e. The van der Waals surface area contributed by atoms with Gasteiger partial charge >= 0.3 is 0 Å². The number of amides is 2. The van der Waals surface area contributed by atoms with Gasteiger partial charge in [0.2, 0.25) is 11.8 Å². The van der Waals surface area contributed by atoms with Crippen LogP contribution in [0.15, 0.2) is 83.9 Å². The van der Waals surface area contributed by atoms with Crippen LogP contribution in [0.2, 0.25) is 0 Å². The quantitative estimate of drug-likeness (QED) is 0.279. The van der Waals surface area contributed by atoms with E-state index in [-0.39, 0.29) is 18.2 Å². The van der Waals surface area contributed by atoms with Crippen molar-refractivity contribution in [3.8, 4) is 11.5 Å². The summed E-state index contributed by atoms with van der Waals surface area (Å²) in [6.07, 6.45) is 0.804. The second-order valence-corrected chi connectivity index (χ2v) is 9.02. The van der Waals surface area contributed by atoms with Crippen molar-refractivity contribution < 1.29 is 19.1 Å². The first-order chi connectivity index (χ1) is 17.1. The number of rotatable bonds is 8. The summed E-state index contributed by atoms with van der Waals surface area (Å²) in [6.45, 7) is 0.495. The lowest BCUT2D eigenvalue weighted by Crippen LogP contribution is -2.31. The molecule has 1 fully saturated rings. The highest BCUT2D eigenvalue weighted by atomic mass is 32.2. The summed E-state index contributed by atoms with van der Waals surface area (Å²) < 4.78 is 10.7. The first-order valence-corrected chi connectivity index (χ1v) is 12.1. The number of thioether (sulfide) groups is 1. The molecule has 0 aromatic heterocycles. The van der Waals surface area contributed by atoms with E-state index in [2.05, 4.69) is 5.32 Å². The summed E-state index contributed by atoms with van der Waals surface area (Å²) in [7, 11) is 3.21. The highest BCUT2D eigenvalue weighted by Crippen LogP contribution is 2.31. The minimum absolute atomic E-state index is 0.129. The molecule has 0 radical (unpaired) electrons. The first-order valence-electron chi connectivity index (χ1n) is 11.2. The van der Waals surface area contributed by atoms with Crippen molar-refractivity contribution in [3.63, 3.8) is 0 Å². The summed E-state index contributed by atoms with van der Waals surface area (Å²) in [6, 6.07) is 24.5. The van der Waals surface area contributed by atoms with Gasteiger partial charge in [-0.15, -0.1) is 0 Å². The van der Waals surface area contributed by atoms with Crippen LogP contribution in [-0.4, -0.2) is 43.0 Å². The Hall–Kier alpha value is -3.78. The fraction of sp³-hybridized carbons (Fsp3) is 0.222. The zero-order valence-corrected chi connectivity index (χ0v) is 20.5. The number of benzene rings is 3. The summed E-state index contributed by atoms with van der Waals surface area (Å²) >= 11 is 1.29. The molecule has 3 aromatic rings. The van der Waals surface area contributed by atoms with E-state index in [0.29, 0.717) is 35.3 Å². The number of methoxy groups -OCH3 is 2. The molecule has 1 heterocycles. The largest absolute Gasteiger partial charge is 0.493 e. The lowest BCUT2D eigenvalue weighted by Gasteiger charge is -2.16. The molecule has 0 saturated carbocycles. The standard InChI is InChI=1S/C27H27N3O4S/c1-33-22-14-13-19(17-23(22)34-2)15-16-28-27(29-20-9-5-3-6-10-20)35-24-18-25(31)30(26(24)32)21-11-7-4-8-12-21/h3-14,17,24H,15-16,18H2,1-2H3,(H,28,29). The second-order valence-electron chi connectivity index (χ2n) is 7.83. The molecule has 1 saturated heterocycles. The molecule has 35 heavy (non-hydrogen) atoms. The maximum Gasteiger partial charge on any atom is 0.247 e. The molecule has 3 aromatic carbocycles. The van der Waals surface area contributed by atoms with Gasteiger partial charge in [-0.1, -0.05) is 54.2 Å². The van der Waals surface area contributed by atoms with E-state index in [0.717, 1.165) is 11.3 Å². The maximum atomic E-state index is 13.1. The number of ether oxygens (including phenoxy) is 2. The molecule has 8 heteroatoms. The predicted octanol–water partition coefficient (Wildman–Crippen LogP) is 4.78. The van der Waals surface area contributed by atoms with Crippen LogP contribution in [0.4, 0.5) is 11.4 Å². The van der Waals surface area contributed by atoms with Gasteiger partial charge in [0, 0.05) is 18.7 Å². The van der Waals surface area contributed by atoms with Gasteiger partial charge in [-0.2, -0.15) is 0 Å². The number of nitrogens with zero attached hydrogens (tertiary/aromatic N) is 2. The fourth-order valence-electron chi connectivity index (χ4n) is 3.75. The van der Waals surface area contributed by atoms with Crippen LogP contribution in [0, 0.1) is 0 Å². The van der Waals surface area contributed by atoms with Crippen LogP contribution in [0.3, 0.4) is 0 Å². The number of carbonyl (C=O) groups is 2. The van der Waals surface area contributed by atoms with Gasteiger partial charge < -0.3 is 14.8 Å². The van der Waals surface area contributed by atoms with Crippen LogP contribution >= 0.6 is 11.8 Å². The Balaban J connectivity index is 1.49. The molecule has 7 nitrogen and oxygen atoms in total. The van der Waals surface area contributed by atoms with E-state index in [1.54, 1.807) is 26.4 Å². The van der Waals surface area contributed by atoms with Crippen LogP contribution in [0.25, 0.3) is 0 Å². The van der Waals surface area contributed by atoms with Gasteiger partial charge in [-0.05, 0) is 48.4 Å². The molecule has 1 aliphatic heterocycles. The Kier molecular flexibility index (Phi) is 8.05. The van der Waals surface area contributed by atoms with E-state index < -0.39 is 5.25 Å². The first kappa shape index (κ1) is 24.3. The van der Waals surface area contributed by atoms with Crippen LogP contribution in [0.1, 0.15) is 12.0 Å². The lowest BCUT2D eigenvalue weighted by molar-refractivity contribution is -0.121. The molecule has 1 unspecified atom stereocenters. The molecular formula is C27H27N3O4S. The highest BCUT2D eigenvalue weighted by molar-refractivity contribution is 8.15. The molecule has 0 bridgehead atoms. The average Bonchev–Trinajstić information content (AvgIpc) is 3.17. The van der Waals surface area contributed by atoms with Crippen molar-refractivity contribution in [1.29, 1.82) is 0 Å². The van der Waals surface area contributed by atoms with E-state index in [1.165, 1.54) is 16.7 Å². The van der Waals surface area contributed by atoms with E-state index in [4.69, 9.17) is 14.5 Å². The minimum atomic E-state index is -0.543. The molecule has 1 aliphatic rings. The third-order valence-electron chi connectivity index (χ3n) is 5.50. The summed E-state index contributed by atoms with van der Waals surface area (Å²) in [5.41, 5.74) is 2.51. The third-order valence-corrected chi connectivity index (χ3v) is 6.61. The zero-order chi connectivity index (χ0) is 24.6. The third kappa shape index (κ3) is 6.02. The number of amidine groups is 1. The van der Waals surface area contributed by atoms with Crippen LogP contribution in [-0.2, 0) is 16.0 Å². The lowest BCUT2D eigenvalue weighted by atomic mass is 10.1. The van der Waals surface area contributed by atoms with Gasteiger partial charge in [0.05, 0.1) is 19.9 Å². The summed E-state index contributed by atoms with van der Waals surface area (Å²) in [4.78, 5) is 31.8. The van der Waals surface area contributed by atoms with E-state index in [1.807, 2.05) is 66.7 Å². The van der Waals surface area contributed by atoms with Crippen molar-refractivity contribution >= 4 is 40.1 Å². The van der Waals surface area contributed by atoms with Crippen molar-refractivity contribution in [3.05, 3.63) is 84.4 Å². The molecule has 0 aliphatic carbocycles. The number of hydrogen-bond acceptors (Lipinski definition) is 6. The Morgan fingerprint density at radius 2 is 1.66 bits per heavy atom. The van der Waals surface area contributed by atoms with Crippen molar-refractivity contribution in [2.45, 2.75) is 18.1 Å². The van der Waals surface area contributed by atoms with E-state index in [9.17, 15) is 9.59 Å². The van der Waals surface area contributed by atoms with Gasteiger partial charge in [0.1, 0.15) is 5.25 Å². The minimum Gasteiger partial charge on any atom is -0.493 e. The molecule has 1 N–H and O–H groups in total. The average molecular weight is 490 g/mol. The number of nitrogens with one attached hydrogen (secondary N) is 1. The Morgan fingerprint density at radius 3 is 2.34 bits per heavy atom. The zero-order valence-electron chi connectivity index (χ0n) is 19.6. The molecule has 180 valence electrons. The summed E-state index contributed by atoms with van der Waals surface area (Å²) in [5.74, 6) is 0.910. The van der Waals surface area contributed by atoms with Gasteiger partial charge in [0.25, 0.3) is 0 Å². The number of hydrogen-bond donors (Lipinski definition) is 1.